The predicted molar refractivity (Wildman–Crippen MR) is 42.4 cm³/mol. The number of unbranched alkanes of at least 4 members (excludes halogenated alkanes) is 2. The fourth-order valence-corrected chi connectivity index (χ4v) is 1.19. The van der Waals surface area contributed by atoms with Gasteiger partial charge in [0.1, 0.15) is 0 Å². The van der Waals surface area contributed by atoms with Gasteiger partial charge in [-0.3, -0.25) is 4.80 Å². The molecule has 0 aromatic carbocycles. The molecule has 0 saturated heterocycles. The monoisotopic (exact) mass is 143 g/mol. The van der Waals surface area contributed by atoms with E-state index in [0.717, 1.165) is 6.42 Å². The van der Waals surface area contributed by atoms with Gasteiger partial charge in [-0.1, -0.05) is 31.5 Å². The van der Waals surface area contributed by atoms with E-state index in [9.17, 15) is 4.80 Å². The maximum Gasteiger partial charge on any atom is 0.242 e. The summed E-state index contributed by atoms with van der Waals surface area (Å²) in [7, 11) is -1.64. The van der Waals surface area contributed by atoms with Gasteiger partial charge in [0, 0.05) is 0 Å². The van der Waals surface area contributed by atoms with E-state index in [-0.39, 0.29) is 0 Å². The molecule has 0 aliphatic heterocycles. The zero-order valence-corrected chi connectivity index (χ0v) is 7.42. The van der Waals surface area contributed by atoms with Crippen LogP contribution in [0.2, 0.25) is 6.55 Å². The Hall–Kier alpha value is -0.0831. The summed E-state index contributed by atoms with van der Waals surface area (Å²) in [5.74, 6) is 0. The van der Waals surface area contributed by atoms with Gasteiger partial charge in [-0.05, 0) is 13.0 Å². The van der Waals surface area contributed by atoms with Crippen LogP contribution in [0, 0.1) is 0 Å². The van der Waals surface area contributed by atoms with Gasteiger partial charge in [0.25, 0.3) is 0 Å². The van der Waals surface area contributed by atoms with Gasteiger partial charge in [-0.25, -0.2) is 0 Å². The van der Waals surface area contributed by atoms with Crippen molar-refractivity contribution in [3.63, 3.8) is 0 Å². The van der Waals surface area contributed by atoms with Crippen molar-refractivity contribution in [1.82, 2.24) is 0 Å². The Morgan fingerprint density at radius 1 is 1.56 bits per heavy atom. The third kappa shape index (κ3) is 7.92. The summed E-state index contributed by atoms with van der Waals surface area (Å²) < 4.78 is 0. The van der Waals surface area contributed by atoms with E-state index in [4.69, 9.17) is 0 Å². The Morgan fingerprint density at radius 2 is 2.22 bits per heavy atom. The number of hydrogen-bond donors (Lipinski definition) is 0. The molecule has 9 heavy (non-hydrogen) atoms. The van der Waals surface area contributed by atoms with E-state index in [1.165, 1.54) is 12.8 Å². The van der Waals surface area contributed by atoms with Crippen LogP contribution < -0.4 is 0 Å². The second kappa shape index (κ2) is 6.04. The zero-order valence-electron chi connectivity index (χ0n) is 6.26. The van der Waals surface area contributed by atoms with Crippen LogP contribution in [-0.2, 0) is 4.80 Å². The Labute approximate surface area is 59.1 Å². The van der Waals surface area contributed by atoms with E-state index in [1.807, 2.05) is 11.8 Å². The van der Waals surface area contributed by atoms with Crippen LogP contribution in [0.1, 0.15) is 26.2 Å². The highest BCUT2D eigenvalue weighted by Crippen LogP contribution is 1.94. The van der Waals surface area contributed by atoms with Crippen LogP contribution in [0.15, 0.2) is 11.8 Å². The Bertz CT molecular complexity index is 79.0. The largest absolute Gasteiger partial charge is 0.297 e. The van der Waals surface area contributed by atoms with Gasteiger partial charge in [0.2, 0.25) is 9.04 Å². The SMILES string of the molecule is CCCC/C=C/[SiH](C)[O]. The van der Waals surface area contributed by atoms with Crippen molar-refractivity contribution in [3.8, 4) is 0 Å². The second-order valence-electron chi connectivity index (χ2n) is 2.28. The molecule has 1 radical (unpaired) electrons. The molecule has 1 nitrogen and oxygen atoms in total. The molecule has 0 fully saturated rings. The molecule has 0 saturated carbocycles. The summed E-state index contributed by atoms with van der Waals surface area (Å²) in [6, 6.07) is 0. The molecular weight excluding hydrogens is 128 g/mol. The van der Waals surface area contributed by atoms with Crippen LogP contribution in [0.5, 0.6) is 0 Å². The van der Waals surface area contributed by atoms with Crippen LogP contribution in [0.25, 0.3) is 0 Å². The molecule has 2 heteroatoms. The Balaban J connectivity index is 3.04. The third-order valence-corrected chi connectivity index (χ3v) is 1.95. The van der Waals surface area contributed by atoms with Crippen LogP contribution in [0.4, 0.5) is 0 Å². The summed E-state index contributed by atoms with van der Waals surface area (Å²) in [5, 5.41) is 0. The minimum atomic E-state index is -1.64. The first-order valence-corrected chi connectivity index (χ1v) is 5.89. The first-order chi connectivity index (χ1) is 4.27. The molecule has 0 aromatic rings. The van der Waals surface area contributed by atoms with E-state index in [2.05, 4.69) is 6.92 Å². The lowest BCUT2D eigenvalue weighted by molar-refractivity contribution is 0.464. The molecule has 0 rings (SSSR count). The lowest BCUT2D eigenvalue weighted by atomic mass is 10.2. The van der Waals surface area contributed by atoms with Crippen LogP contribution in [0.3, 0.4) is 0 Å². The number of rotatable bonds is 4. The van der Waals surface area contributed by atoms with E-state index >= 15 is 0 Å². The van der Waals surface area contributed by atoms with Crippen molar-refractivity contribution in [2.24, 2.45) is 0 Å². The third-order valence-electron chi connectivity index (χ3n) is 1.13. The molecule has 0 heterocycles. The molecule has 0 aliphatic rings. The molecule has 1 atom stereocenters. The maximum atomic E-state index is 10.5. The lowest BCUT2D eigenvalue weighted by Gasteiger charge is -1.88. The zero-order chi connectivity index (χ0) is 7.11. The summed E-state index contributed by atoms with van der Waals surface area (Å²) in [6.45, 7) is 3.95. The number of hydrogen-bond acceptors (Lipinski definition) is 0. The van der Waals surface area contributed by atoms with Crippen molar-refractivity contribution in [1.29, 1.82) is 0 Å². The average molecular weight is 143 g/mol. The Kier molecular flexibility index (Phi) is 5.99. The fraction of sp³-hybridized carbons (Fsp3) is 0.714. The highest BCUT2D eigenvalue weighted by Gasteiger charge is 1.89. The van der Waals surface area contributed by atoms with Crippen LogP contribution >= 0.6 is 0 Å². The quantitative estimate of drug-likeness (QED) is 0.424. The summed E-state index contributed by atoms with van der Waals surface area (Å²) in [4.78, 5) is 10.5. The lowest BCUT2D eigenvalue weighted by Crippen LogP contribution is -1.95. The first-order valence-electron chi connectivity index (χ1n) is 3.60. The van der Waals surface area contributed by atoms with Gasteiger partial charge in [-0.2, -0.15) is 0 Å². The maximum absolute atomic E-state index is 10.5. The Morgan fingerprint density at radius 3 is 2.67 bits per heavy atom. The van der Waals surface area contributed by atoms with Crippen molar-refractivity contribution in [2.45, 2.75) is 32.7 Å². The van der Waals surface area contributed by atoms with E-state index in [0.29, 0.717) is 0 Å². The minimum Gasteiger partial charge on any atom is -0.297 e. The molecule has 1 unspecified atom stereocenters. The predicted octanol–water partition coefficient (Wildman–Crippen LogP) is 2.06. The summed E-state index contributed by atoms with van der Waals surface area (Å²) in [6.07, 6.45) is 5.57. The second-order valence-corrected chi connectivity index (χ2v) is 4.07. The van der Waals surface area contributed by atoms with Gasteiger partial charge in [0.15, 0.2) is 0 Å². The molecular formula is C7H15OSi. The van der Waals surface area contributed by atoms with E-state index < -0.39 is 9.04 Å². The highest BCUT2D eigenvalue weighted by atomic mass is 28.3. The molecule has 0 bridgehead atoms. The minimum absolute atomic E-state index is 1.09. The summed E-state index contributed by atoms with van der Waals surface area (Å²) >= 11 is 0. The fourth-order valence-electron chi connectivity index (χ4n) is 0.610. The molecule has 53 valence electrons. The number of allylic oxidation sites excluding steroid dienone is 1. The van der Waals surface area contributed by atoms with Crippen molar-refractivity contribution < 1.29 is 4.80 Å². The van der Waals surface area contributed by atoms with Gasteiger partial charge < -0.3 is 0 Å². The molecule has 0 aliphatic carbocycles. The van der Waals surface area contributed by atoms with Crippen LogP contribution in [-0.4, -0.2) is 9.04 Å². The topological polar surface area (TPSA) is 19.9 Å². The summed E-state index contributed by atoms with van der Waals surface area (Å²) in [5.41, 5.74) is 1.86. The van der Waals surface area contributed by atoms with Gasteiger partial charge >= 0.3 is 0 Å². The standard InChI is InChI=1S/C7H15OSi/c1-3-4-5-6-7-9(2)8/h6-7,9H,3-5H2,1-2H3/b7-6+. The smallest absolute Gasteiger partial charge is 0.242 e. The molecule has 0 spiro atoms. The van der Waals surface area contributed by atoms with Gasteiger partial charge in [-0.15, -0.1) is 0 Å². The van der Waals surface area contributed by atoms with Crippen molar-refractivity contribution >= 4 is 9.04 Å². The highest BCUT2D eigenvalue weighted by molar-refractivity contribution is 6.54. The molecule has 0 N–H and O–H groups in total. The molecule has 0 aromatic heterocycles. The first kappa shape index (κ1) is 8.92. The van der Waals surface area contributed by atoms with Crippen molar-refractivity contribution in [2.75, 3.05) is 0 Å². The van der Waals surface area contributed by atoms with Crippen molar-refractivity contribution in [3.05, 3.63) is 11.8 Å². The van der Waals surface area contributed by atoms with Gasteiger partial charge in [0.05, 0.1) is 0 Å². The molecule has 0 amide bonds. The van der Waals surface area contributed by atoms with E-state index in [1.54, 1.807) is 6.55 Å². The average Bonchev–Trinajstić information content (AvgIpc) is 1.80. The normalized spacial score (nSPS) is 14.6.